The molecular weight excluding hydrogens is 271 g/mol. The summed E-state index contributed by atoms with van der Waals surface area (Å²) in [4.78, 5) is 11.7. The van der Waals surface area contributed by atoms with Gasteiger partial charge in [0.2, 0.25) is 0 Å². The maximum Gasteiger partial charge on any atom is 0.407 e. The lowest BCUT2D eigenvalue weighted by atomic mass is 9.46. The zero-order chi connectivity index (χ0) is 14.6. The smallest absolute Gasteiger partial charge is 0.407 e. The summed E-state index contributed by atoms with van der Waals surface area (Å²) in [5.74, 6) is 0.166. The van der Waals surface area contributed by atoms with Crippen LogP contribution in [0.5, 0.6) is 0 Å². The van der Waals surface area contributed by atoms with Gasteiger partial charge in [0.1, 0.15) is 0 Å². The number of rotatable bonds is 2. The third kappa shape index (κ3) is 2.07. The van der Waals surface area contributed by atoms with Crippen LogP contribution in [0.4, 0.5) is 18.0 Å². The van der Waals surface area contributed by atoms with Gasteiger partial charge in [0.05, 0.1) is 12.0 Å². The summed E-state index contributed by atoms with van der Waals surface area (Å²) in [7, 11) is 0. The molecule has 1 amide bonds. The summed E-state index contributed by atoms with van der Waals surface area (Å²) >= 11 is 0. The summed E-state index contributed by atoms with van der Waals surface area (Å²) in [6.07, 6.45) is -2.04. The van der Waals surface area contributed by atoms with E-state index in [0.717, 1.165) is 6.42 Å². The number of carbonyl (C=O) groups excluding carboxylic acids is 1. The summed E-state index contributed by atoms with van der Waals surface area (Å²) in [6, 6.07) is 0. The van der Waals surface area contributed by atoms with Gasteiger partial charge in [0, 0.05) is 5.54 Å². The lowest BCUT2D eigenvalue weighted by molar-refractivity contribution is -0.277. The minimum absolute atomic E-state index is 0.0231. The number of alkyl carbamates (subject to hydrolysis) is 1. The highest BCUT2D eigenvalue weighted by atomic mass is 19.4. The molecule has 20 heavy (non-hydrogen) atoms. The van der Waals surface area contributed by atoms with Crippen molar-refractivity contribution >= 4 is 6.09 Å². The van der Waals surface area contributed by atoms with E-state index in [2.05, 4.69) is 5.32 Å². The Morgan fingerprint density at radius 3 is 2.35 bits per heavy atom. The van der Waals surface area contributed by atoms with Gasteiger partial charge in [-0.3, -0.25) is 0 Å². The van der Waals surface area contributed by atoms with Crippen LogP contribution < -0.4 is 5.32 Å². The molecule has 6 heteroatoms. The molecular formula is C14H20F3NO2. The zero-order valence-electron chi connectivity index (χ0n) is 11.6. The Morgan fingerprint density at radius 2 is 1.85 bits per heavy atom. The largest absolute Gasteiger partial charge is 0.450 e. The van der Waals surface area contributed by atoms with E-state index in [0.29, 0.717) is 12.8 Å². The second kappa shape index (κ2) is 4.28. The lowest BCUT2D eigenvalue weighted by Crippen LogP contribution is -2.66. The SMILES string of the molecule is CCOC(=O)NC12CC3CC(C1)CC(C(F)(F)F)(C3)C2. The number of hydrogen-bond acceptors (Lipinski definition) is 2. The van der Waals surface area contributed by atoms with Crippen LogP contribution in [-0.4, -0.2) is 24.4 Å². The lowest BCUT2D eigenvalue weighted by Gasteiger charge is -2.62. The van der Waals surface area contributed by atoms with Crippen molar-refractivity contribution in [1.82, 2.24) is 5.32 Å². The predicted molar refractivity (Wildman–Crippen MR) is 66.1 cm³/mol. The van der Waals surface area contributed by atoms with Gasteiger partial charge in [-0.1, -0.05) is 0 Å². The molecule has 0 aliphatic heterocycles. The standard InChI is InChI=1S/C14H20F3NO2/c1-2-20-11(19)18-13-6-9-3-10(7-13)5-12(4-9,8-13)14(15,16)17/h9-10H,2-8H2,1H3,(H,18,19). The van der Waals surface area contributed by atoms with E-state index in [-0.39, 0.29) is 37.7 Å². The fourth-order valence-electron chi connectivity index (χ4n) is 5.12. The molecule has 3 nitrogen and oxygen atoms in total. The van der Waals surface area contributed by atoms with Crippen molar-refractivity contribution in [3.63, 3.8) is 0 Å². The molecule has 4 rings (SSSR count). The number of nitrogens with one attached hydrogen (secondary N) is 1. The molecule has 0 radical (unpaired) electrons. The van der Waals surface area contributed by atoms with E-state index >= 15 is 0 Å². The van der Waals surface area contributed by atoms with Crippen LogP contribution in [0.2, 0.25) is 0 Å². The van der Waals surface area contributed by atoms with E-state index in [1.165, 1.54) is 0 Å². The van der Waals surface area contributed by atoms with E-state index in [4.69, 9.17) is 4.74 Å². The molecule has 4 fully saturated rings. The van der Waals surface area contributed by atoms with E-state index in [9.17, 15) is 18.0 Å². The number of alkyl halides is 3. The molecule has 0 saturated heterocycles. The number of amides is 1. The monoisotopic (exact) mass is 291 g/mol. The fourth-order valence-corrected chi connectivity index (χ4v) is 5.12. The Bertz CT molecular complexity index is 407. The van der Waals surface area contributed by atoms with Crippen LogP contribution in [0, 0.1) is 17.3 Å². The van der Waals surface area contributed by atoms with Gasteiger partial charge in [-0.25, -0.2) is 4.79 Å². The molecule has 4 saturated carbocycles. The molecule has 4 bridgehead atoms. The first-order chi connectivity index (χ1) is 9.28. The maximum absolute atomic E-state index is 13.5. The molecule has 0 aromatic carbocycles. The van der Waals surface area contributed by atoms with Crippen LogP contribution in [0.15, 0.2) is 0 Å². The van der Waals surface area contributed by atoms with Crippen molar-refractivity contribution < 1.29 is 22.7 Å². The first kappa shape index (κ1) is 14.0. The predicted octanol–water partition coefficient (Wildman–Crippen LogP) is 3.63. The molecule has 0 aromatic rings. The molecule has 2 unspecified atom stereocenters. The number of carbonyl (C=O) groups is 1. The van der Waals surface area contributed by atoms with E-state index < -0.39 is 23.2 Å². The quantitative estimate of drug-likeness (QED) is 0.843. The maximum atomic E-state index is 13.5. The third-order valence-electron chi connectivity index (χ3n) is 5.31. The molecule has 0 aromatic heterocycles. The van der Waals surface area contributed by atoms with Crippen molar-refractivity contribution in [2.75, 3.05) is 6.61 Å². The number of ether oxygens (including phenoxy) is 1. The van der Waals surface area contributed by atoms with Gasteiger partial charge in [0.15, 0.2) is 0 Å². The van der Waals surface area contributed by atoms with Crippen molar-refractivity contribution in [1.29, 1.82) is 0 Å². The minimum atomic E-state index is -4.17. The Morgan fingerprint density at radius 1 is 1.25 bits per heavy atom. The average Bonchev–Trinajstić information content (AvgIpc) is 2.24. The molecule has 1 N–H and O–H groups in total. The van der Waals surface area contributed by atoms with Gasteiger partial charge in [0.25, 0.3) is 0 Å². The molecule has 2 atom stereocenters. The van der Waals surface area contributed by atoms with Crippen LogP contribution in [0.1, 0.15) is 45.4 Å². The van der Waals surface area contributed by atoms with Gasteiger partial charge < -0.3 is 10.1 Å². The first-order valence-corrected chi connectivity index (χ1v) is 7.29. The van der Waals surface area contributed by atoms with Crippen molar-refractivity contribution in [2.45, 2.75) is 57.2 Å². The highest BCUT2D eigenvalue weighted by Gasteiger charge is 2.67. The third-order valence-corrected chi connectivity index (χ3v) is 5.31. The Kier molecular flexibility index (Phi) is 3.00. The van der Waals surface area contributed by atoms with Crippen LogP contribution >= 0.6 is 0 Å². The first-order valence-electron chi connectivity index (χ1n) is 7.29. The summed E-state index contributed by atoms with van der Waals surface area (Å²) < 4.78 is 45.4. The van der Waals surface area contributed by atoms with E-state index in [1.807, 2.05) is 0 Å². The normalized spacial score (nSPS) is 42.6. The van der Waals surface area contributed by atoms with Crippen LogP contribution in [0.25, 0.3) is 0 Å². The van der Waals surface area contributed by atoms with Crippen LogP contribution in [-0.2, 0) is 4.74 Å². The second-order valence-electron chi connectivity index (χ2n) is 6.86. The molecule has 0 heterocycles. The van der Waals surface area contributed by atoms with Gasteiger partial charge >= 0.3 is 12.3 Å². The zero-order valence-corrected chi connectivity index (χ0v) is 11.6. The molecule has 4 aliphatic carbocycles. The Labute approximate surface area is 116 Å². The molecule has 114 valence electrons. The topological polar surface area (TPSA) is 38.3 Å². The summed E-state index contributed by atoms with van der Waals surface area (Å²) in [6.45, 7) is 1.93. The minimum Gasteiger partial charge on any atom is -0.450 e. The highest BCUT2D eigenvalue weighted by molar-refractivity contribution is 5.68. The Hall–Kier alpha value is -0.940. The van der Waals surface area contributed by atoms with Gasteiger partial charge in [-0.2, -0.15) is 13.2 Å². The van der Waals surface area contributed by atoms with Crippen LogP contribution in [0.3, 0.4) is 0 Å². The summed E-state index contributed by atoms with van der Waals surface area (Å²) in [5.41, 5.74) is -2.29. The fraction of sp³-hybridized carbons (Fsp3) is 0.929. The van der Waals surface area contributed by atoms with E-state index in [1.54, 1.807) is 6.92 Å². The molecule has 0 spiro atoms. The van der Waals surface area contributed by atoms with Crippen molar-refractivity contribution in [3.8, 4) is 0 Å². The average molecular weight is 291 g/mol. The van der Waals surface area contributed by atoms with Crippen molar-refractivity contribution in [2.24, 2.45) is 17.3 Å². The summed E-state index contributed by atoms with van der Waals surface area (Å²) in [5, 5.41) is 2.76. The van der Waals surface area contributed by atoms with Gasteiger partial charge in [-0.05, 0) is 57.3 Å². The van der Waals surface area contributed by atoms with Gasteiger partial charge in [-0.15, -0.1) is 0 Å². The number of hydrogen-bond donors (Lipinski definition) is 1. The highest BCUT2D eigenvalue weighted by Crippen LogP contribution is 2.66. The second-order valence-corrected chi connectivity index (χ2v) is 6.86. The number of halogens is 3. The Balaban J connectivity index is 1.85. The molecule has 4 aliphatic rings. The van der Waals surface area contributed by atoms with Crippen molar-refractivity contribution in [3.05, 3.63) is 0 Å².